The van der Waals surface area contributed by atoms with E-state index >= 15 is 0 Å². The third-order valence-corrected chi connectivity index (χ3v) is 4.60. The van der Waals surface area contributed by atoms with Gasteiger partial charge in [0, 0.05) is 23.7 Å². The first kappa shape index (κ1) is 25.1. The van der Waals surface area contributed by atoms with E-state index in [0.29, 0.717) is 47.4 Å². The van der Waals surface area contributed by atoms with Crippen LogP contribution in [0.25, 0.3) is 0 Å². The van der Waals surface area contributed by atoms with Crippen molar-refractivity contribution in [2.75, 3.05) is 24.4 Å². The maximum atomic E-state index is 12.6. The lowest BCUT2D eigenvalue weighted by atomic mass is 10.2. The van der Waals surface area contributed by atoms with Gasteiger partial charge in [-0.25, -0.2) is 0 Å². The second-order valence-corrected chi connectivity index (χ2v) is 8.12. The van der Waals surface area contributed by atoms with Crippen molar-refractivity contribution in [2.45, 2.75) is 40.0 Å². The highest BCUT2D eigenvalue weighted by molar-refractivity contribution is 7.80. The molecule has 172 valence electrons. The topological polar surface area (TPSA) is 88.7 Å². The standard InChI is InChI=1S/C24H31N3O4S/c1-5-6-10-22(28)26-20-12-11-18(14-21(20)30-4)25-24(32)27-23(29)17-8-7-9-19(13-17)31-15-16(2)3/h7-9,11-14,16H,5-6,10,15H2,1-4H3,(H,26,28)(H2,25,27,29,32). The third kappa shape index (κ3) is 8.19. The zero-order chi connectivity index (χ0) is 23.5. The molecule has 32 heavy (non-hydrogen) atoms. The first-order chi connectivity index (χ1) is 15.3. The van der Waals surface area contributed by atoms with Gasteiger partial charge in [0.1, 0.15) is 11.5 Å². The average molecular weight is 458 g/mol. The predicted molar refractivity (Wildman–Crippen MR) is 132 cm³/mol. The number of carbonyl (C=O) groups excluding carboxylic acids is 2. The molecule has 8 heteroatoms. The molecule has 0 aromatic heterocycles. The molecular formula is C24H31N3O4S. The molecule has 0 atom stereocenters. The largest absolute Gasteiger partial charge is 0.494 e. The molecule has 2 amide bonds. The Morgan fingerprint density at radius 3 is 2.56 bits per heavy atom. The van der Waals surface area contributed by atoms with E-state index in [9.17, 15) is 9.59 Å². The molecule has 2 rings (SSSR count). The fraction of sp³-hybridized carbons (Fsp3) is 0.375. The fourth-order valence-corrected chi connectivity index (χ4v) is 2.96. The van der Waals surface area contributed by atoms with Crippen LogP contribution in [0.2, 0.25) is 0 Å². The van der Waals surface area contributed by atoms with Gasteiger partial charge in [-0.2, -0.15) is 0 Å². The normalized spacial score (nSPS) is 10.4. The van der Waals surface area contributed by atoms with Crippen LogP contribution in [0.1, 0.15) is 50.4 Å². The Labute approximate surface area is 194 Å². The van der Waals surface area contributed by atoms with E-state index < -0.39 is 0 Å². The van der Waals surface area contributed by atoms with Crippen LogP contribution in [-0.4, -0.2) is 30.6 Å². The maximum Gasteiger partial charge on any atom is 0.257 e. The molecule has 0 fully saturated rings. The maximum absolute atomic E-state index is 12.6. The van der Waals surface area contributed by atoms with Crippen LogP contribution in [0, 0.1) is 5.92 Å². The van der Waals surface area contributed by atoms with Crippen LogP contribution in [0.15, 0.2) is 42.5 Å². The van der Waals surface area contributed by atoms with Crippen molar-refractivity contribution in [3.05, 3.63) is 48.0 Å². The summed E-state index contributed by atoms with van der Waals surface area (Å²) in [6.45, 7) is 6.72. The highest BCUT2D eigenvalue weighted by atomic mass is 32.1. The summed E-state index contributed by atoms with van der Waals surface area (Å²) >= 11 is 5.28. The second-order valence-electron chi connectivity index (χ2n) is 7.71. The molecule has 0 radical (unpaired) electrons. The third-order valence-electron chi connectivity index (χ3n) is 4.40. The van der Waals surface area contributed by atoms with Gasteiger partial charge in [0.15, 0.2) is 5.11 Å². The van der Waals surface area contributed by atoms with Crippen LogP contribution in [0.5, 0.6) is 11.5 Å². The number of carbonyl (C=O) groups is 2. The fourth-order valence-electron chi connectivity index (χ4n) is 2.75. The quantitative estimate of drug-likeness (QED) is 0.436. The van der Waals surface area contributed by atoms with E-state index in [0.717, 1.165) is 12.8 Å². The minimum atomic E-state index is -0.343. The highest BCUT2D eigenvalue weighted by Crippen LogP contribution is 2.28. The van der Waals surface area contributed by atoms with Gasteiger partial charge in [-0.1, -0.05) is 33.3 Å². The molecule has 3 N–H and O–H groups in total. The minimum Gasteiger partial charge on any atom is -0.494 e. The number of benzene rings is 2. The SMILES string of the molecule is CCCCC(=O)Nc1ccc(NC(=S)NC(=O)c2cccc(OCC(C)C)c2)cc1OC. The van der Waals surface area contributed by atoms with Crippen molar-refractivity contribution < 1.29 is 19.1 Å². The summed E-state index contributed by atoms with van der Waals surface area (Å²) in [4.78, 5) is 24.6. The molecule has 2 aromatic rings. The van der Waals surface area contributed by atoms with Crippen LogP contribution in [0.3, 0.4) is 0 Å². The lowest BCUT2D eigenvalue weighted by Gasteiger charge is -2.14. The first-order valence-corrected chi connectivity index (χ1v) is 11.1. The Morgan fingerprint density at radius 2 is 1.88 bits per heavy atom. The molecule has 0 bridgehead atoms. The molecule has 2 aromatic carbocycles. The summed E-state index contributed by atoms with van der Waals surface area (Å²) in [7, 11) is 1.52. The molecule has 0 aliphatic rings. The van der Waals surface area contributed by atoms with Crippen molar-refractivity contribution >= 4 is 40.5 Å². The summed E-state index contributed by atoms with van der Waals surface area (Å²) < 4.78 is 11.0. The number of amides is 2. The summed E-state index contributed by atoms with van der Waals surface area (Å²) in [5, 5.41) is 8.61. The Kier molecular flexibility index (Phi) is 9.94. The van der Waals surface area contributed by atoms with Gasteiger partial charge in [-0.15, -0.1) is 0 Å². The zero-order valence-electron chi connectivity index (χ0n) is 19.0. The molecule has 0 saturated heterocycles. The van der Waals surface area contributed by atoms with Crippen molar-refractivity contribution in [2.24, 2.45) is 5.92 Å². The molecule has 0 saturated carbocycles. The van der Waals surface area contributed by atoms with Crippen LogP contribution in [0.4, 0.5) is 11.4 Å². The number of anilines is 2. The Balaban J connectivity index is 1.98. The molecule has 0 aliphatic carbocycles. The molecule has 0 unspecified atom stereocenters. The van der Waals surface area contributed by atoms with Crippen molar-refractivity contribution in [3.8, 4) is 11.5 Å². The van der Waals surface area contributed by atoms with Crippen molar-refractivity contribution in [3.63, 3.8) is 0 Å². The van der Waals surface area contributed by atoms with Crippen molar-refractivity contribution in [1.29, 1.82) is 0 Å². The van der Waals surface area contributed by atoms with E-state index in [2.05, 4.69) is 29.8 Å². The summed E-state index contributed by atoms with van der Waals surface area (Å²) in [6.07, 6.45) is 2.24. The van der Waals surface area contributed by atoms with Crippen molar-refractivity contribution in [1.82, 2.24) is 5.32 Å². The molecule has 7 nitrogen and oxygen atoms in total. The van der Waals surface area contributed by atoms with E-state index in [1.807, 2.05) is 13.0 Å². The number of ether oxygens (including phenoxy) is 2. The number of rotatable bonds is 10. The van der Waals surface area contributed by atoms with Crippen LogP contribution < -0.4 is 25.4 Å². The smallest absolute Gasteiger partial charge is 0.257 e. The van der Waals surface area contributed by atoms with Gasteiger partial charge in [-0.3, -0.25) is 14.9 Å². The van der Waals surface area contributed by atoms with E-state index in [1.165, 1.54) is 7.11 Å². The van der Waals surface area contributed by atoms with Gasteiger partial charge < -0.3 is 20.1 Å². The summed E-state index contributed by atoms with van der Waals surface area (Å²) in [5.74, 6) is 1.10. The minimum absolute atomic E-state index is 0.0618. The van der Waals surface area contributed by atoms with Gasteiger partial charge >= 0.3 is 0 Å². The Morgan fingerprint density at radius 1 is 1.09 bits per heavy atom. The lowest BCUT2D eigenvalue weighted by molar-refractivity contribution is -0.116. The summed E-state index contributed by atoms with van der Waals surface area (Å²) in [5.41, 5.74) is 1.64. The summed E-state index contributed by atoms with van der Waals surface area (Å²) in [6, 6.07) is 12.1. The van der Waals surface area contributed by atoms with E-state index in [4.69, 9.17) is 21.7 Å². The van der Waals surface area contributed by atoms with Gasteiger partial charge in [-0.05, 0) is 54.9 Å². The molecule has 0 heterocycles. The van der Waals surface area contributed by atoms with Crippen LogP contribution >= 0.6 is 12.2 Å². The number of hydrogen-bond donors (Lipinski definition) is 3. The van der Waals surface area contributed by atoms with Crippen LogP contribution in [-0.2, 0) is 4.79 Å². The zero-order valence-corrected chi connectivity index (χ0v) is 19.8. The average Bonchev–Trinajstić information content (AvgIpc) is 2.77. The first-order valence-electron chi connectivity index (χ1n) is 10.7. The number of nitrogens with one attached hydrogen (secondary N) is 3. The highest BCUT2D eigenvalue weighted by Gasteiger charge is 2.12. The molecular weight excluding hydrogens is 426 g/mol. The Bertz CT molecular complexity index is 947. The lowest BCUT2D eigenvalue weighted by Crippen LogP contribution is -2.34. The van der Waals surface area contributed by atoms with E-state index in [-0.39, 0.29) is 16.9 Å². The van der Waals surface area contributed by atoms with Gasteiger partial charge in [0.2, 0.25) is 5.91 Å². The number of thiocarbonyl (C=S) groups is 1. The van der Waals surface area contributed by atoms with E-state index in [1.54, 1.807) is 36.4 Å². The van der Waals surface area contributed by atoms with Gasteiger partial charge in [0.25, 0.3) is 5.91 Å². The van der Waals surface area contributed by atoms with Gasteiger partial charge in [0.05, 0.1) is 19.4 Å². The number of methoxy groups -OCH3 is 1. The molecule has 0 aliphatic heterocycles. The predicted octanol–water partition coefficient (Wildman–Crippen LogP) is 4.99. The number of hydrogen-bond acceptors (Lipinski definition) is 5. The molecule has 0 spiro atoms. The number of unbranched alkanes of at least 4 members (excludes halogenated alkanes) is 1. The monoisotopic (exact) mass is 457 g/mol. The Hall–Kier alpha value is -3.13. The second kappa shape index (κ2) is 12.7.